The minimum absolute atomic E-state index is 0.144. The van der Waals surface area contributed by atoms with Crippen molar-refractivity contribution in [3.8, 4) is 0 Å². The third kappa shape index (κ3) is 3.91. The Bertz CT molecular complexity index is 884. The number of nitrogens with zero attached hydrogens (tertiary/aromatic N) is 2. The summed E-state index contributed by atoms with van der Waals surface area (Å²) in [7, 11) is 0.0332. The van der Waals surface area contributed by atoms with Crippen molar-refractivity contribution in [1.82, 2.24) is 4.31 Å². The first kappa shape index (κ1) is 20.0. The van der Waals surface area contributed by atoms with Crippen LogP contribution in [0.2, 0.25) is 0 Å². The number of sulfonamides is 1. The molecule has 0 aliphatic rings. The average Bonchev–Trinajstić information content (AvgIpc) is 3.01. The normalized spacial score (nSPS) is 11.6. The molecule has 1 amide bonds. The van der Waals surface area contributed by atoms with Crippen LogP contribution < -0.4 is 10.2 Å². The Hall–Kier alpha value is -2.32. The quantitative estimate of drug-likeness (QED) is 0.800. The fourth-order valence-electron chi connectivity index (χ4n) is 2.69. The van der Waals surface area contributed by atoms with Crippen molar-refractivity contribution in [3.05, 3.63) is 41.9 Å². The Morgan fingerprint density at radius 2 is 1.81 bits per heavy atom. The molecule has 2 aromatic rings. The van der Waals surface area contributed by atoms with Gasteiger partial charge in [-0.05, 0) is 31.2 Å². The lowest BCUT2D eigenvalue weighted by atomic mass is 10.2. The Morgan fingerprint density at radius 3 is 2.31 bits per heavy atom. The Kier molecular flexibility index (Phi) is 6.09. The number of rotatable bonds is 7. The molecular formula is C18H25N3O4S. The predicted octanol–water partition coefficient (Wildman–Crippen LogP) is 2.94. The molecule has 0 unspecified atom stereocenters. The van der Waals surface area contributed by atoms with Crippen LogP contribution in [0.15, 0.2) is 39.8 Å². The zero-order valence-corrected chi connectivity index (χ0v) is 16.6. The molecular weight excluding hydrogens is 354 g/mol. The van der Waals surface area contributed by atoms with Crippen LogP contribution in [0, 0.1) is 6.92 Å². The molecule has 2 rings (SSSR count). The van der Waals surface area contributed by atoms with E-state index in [1.807, 2.05) is 19.0 Å². The lowest BCUT2D eigenvalue weighted by Crippen LogP contribution is -2.30. The first-order valence-electron chi connectivity index (χ1n) is 8.39. The van der Waals surface area contributed by atoms with Crippen molar-refractivity contribution in [2.75, 3.05) is 37.4 Å². The molecule has 1 aromatic heterocycles. The summed E-state index contributed by atoms with van der Waals surface area (Å²) >= 11 is 0. The summed E-state index contributed by atoms with van der Waals surface area (Å²) in [5, 5.41) is 2.80. The van der Waals surface area contributed by atoms with Crippen molar-refractivity contribution >= 4 is 27.3 Å². The molecule has 0 saturated carbocycles. The number of aryl methyl sites for hydroxylation is 1. The maximum Gasteiger partial charge on any atom is 0.259 e. The van der Waals surface area contributed by atoms with Gasteiger partial charge in [-0.25, -0.2) is 8.42 Å². The van der Waals surface area contributed by atoms with Gasteiger partial charge >= 0.3 is 0 Å². The SMILES string of the molecule is CCN(CC)S(=O)(=O)c1ccc(N(C)C)c(NC(=O)c2ccoc2C)c1. The van der Waals surface area contributed by atoms with Crippen molar-refractivity contribution in [3.63, 3.8) is 0 Å². The Balaban J connectivity index is 2.47. The first-order chi connectivity index (χ1) is 12.2. The number of anilines is 2. The van der Waals surface area contributed by atoms with Gasteiger partial charge in [0.05, 0.1) is 28.1 Å². The van der Waals surface area contributed by atoms with E-state index >= 15 is 0 Å². The van der Waals surface area contributed by atoms with Gasteiger partial charge in [-0.15, -0.1) is 0 Å². The summed E-state index contributed by atoms with van der Waals surface area (Å²) in [5.41, 5.74) is 1.54. The lowest BCUT2D eigenvalue weighted by Gasteiger charge is -2.22. The van der Waals surface area contributed by atoms with Crippen LogP contribution >= 0.6 is 0 Å². The van der Waals surface area contributed by atoms with Crippen molar-refractivity contribution in [2.24, 2.45) is 0 Å². The molecule has 8 heteroatoms. The van der Waals surface area contributed by atoms with E-state index in [0.29, 0.717) is 35.8 Å². The van der Waals surface area contributed by atoms with E-state index in [1.165, 1.54) is 16.6 Å². The maximum atomic E-state index is 12.8. The summed E-state index contributed by atoms with van der Waals surface area (Å²) in [4.78, 5) is 14.5. The smallest absolute Gasteiger partial charge is 0.259 e. The molecule has 1 heterocycles. The zero-order chi connectivity index (χ0) is 19.5. The highest BCUT2D eigenvalue weighted by molar-refractivity contribution is 7.89. The first-order valence-corrected chi connectivity index (χ1v) is 9.83. The largest absolute Gasteiger partial charge is 0.469 e. The average molecular weight is 379 g/mol. The topological polar surface area (TPSA) is 82.9 Å². The van der Waals surface area contributed by atoms with Crippen LogP contribution in [0.5, 0.6) is 0 Å². The lowest BCUT2D eigenvalue weighted by molar-refractivity contribution is 0.102. The van der Waals surface area contributed by atoms with Crippen molar-refractivity contribution in [2.45, 2.75) is 25.7 Å². The molecule has 0 saturated heterocycles. The van der Waals surface area contributed by atoms with Gasteiger partial charge in [-0.1, -0.05) is 13.8 Å². The van der Waals surface area contributed by atoms with Gasteiger partial charge in [0.1, 0.15) is 5.76 Å². The Labute approximate surface area is 154 Å². The predicted molar refractivity (Wildman–Crippen MR) is 102 cm³/mol. The number of carbonyl (C=O) groups is 1. The summed E-state index contributed by atoms with van der Waals surface area (Å²) in [6.07, 6.45) is 1.44. The van der Waals surface area contributed by atoms with Gasteiger partial charge in [0.25, 0.3) is 5.91 Å². The fraction of sp³-hybridized carbons (Fsp3) is 0.389. The Morgan fingerprint density at radius 1 is 1.15 bits per heavy atom. The molecule has 0 spiro atoms. The highest BCUT2D eigenvalue weighted by Gasteiger charge is 2.24. The highest BCUT2D eigenvalue weighted by Crippen LogP contribution is 2.29. The van der Waals surface area contributed by atoms with Crippen LogP contribution in [-0.4, -0.2) is 45.8 Å². The number of furan rings is 1. The number of benzene rings is 1. The van der Waals surface area contributed by atoms with Gasteiger partial charge in [-0.3, -0.25) is 4.79 Å². The molecule has 0 atom stereocenters. The van der Waals surface area contributed by atoms with E-state index in [4.69, 9.17) is 4.42 Å². The van der Waals surface area contributed by atoms with Crippen molar-refractivity contribution in [1.29, 1.82) is 0 Å². The van der Waals surface area contributed by atoms with E-state index in [9.17, 15) is 13.2 Å². The third-order valence-electron chi connectivity index (χ3n) is 4.14. The number of amides is 1. The van der Waals surface area contributed by atoms with Crippen molar-refractivity contribution < 1.29 is 17.6 Å². The minimum atomic E-state index is -3.62. The molecule has 1 N–H and O–H groups in total. The van der Waals surface area contributed by atoms with Gasteiger partial charge in [0.2, 0.25) is 10.0 Å². The fourth-order valence-corrected chi connectivity index (χ4v) is 4.17. The van der Waals surface area contributed by atoms with Crippen LogP contribution in [0.25, 0.3) is 0 Å². The highest BCUT2D eigenvalue weighted by atomic mass is 32.2. The molecule has 0 bridgehead atoms. The van der Waals surface area contributed by atoms with Gasteiger partial charge in [0, 0.05) is 27.2 Å². The molecule has 0 fully saturated rings. The van der Waals surface area contributed by atoms with E-state index < -0.39 is 10.0 Å². The molecule has 0 aliphatic carbocycles. The molecule has 7 nitrogen and oxygen atoms in total. The van der Waals surface area contributed by atoms with Gasteiger partial charge in [-0.2, -0.15) is 4.31 Å². The maximum absolute atomic E-state index is 12.8. The summed E-state index contributed by atoms with van der Waals surface area (Å²) in [6.45, 7) is 6.04. The molecule has 0 aliphatic heterocycles. The number of hydrogen-bond acceptors (Lipinski definition) is 5. The van der Waals surface area contributed by atoms with Crippen LogP contribution in [-0.2, 0) is 10.0 Å². The van der Waals surface area contributed by atoms with Crippen LogP contribution in [0.3, 0.4) is 0 Å². The van der Waals surface area contributed by atoms with Crippen LogP contribution in [0.1, 0.15) is 30.0 Å². The number of carbonyl (C=O) groups excluding carboxylic acids is 1. The van der Waals surface area contributed by atoms with E-state index in [-0.39, 0.29) is 10.8 Å². The number of hydrogen-bond donors (Lipinski definition) is 1. The molecule has 0 radical (unpaired) electrons. The summed E-state index contributed by atoms with van der Waals surface area (Å²) in [6, 6.07) is 6.32. The third-order valence-corrected chi connectivity index (χ3v) is 6.19. The van der Waals surface area contributed by atoms with E-state index in [0.717, 1.165) is 0 Å². The second-order valence-electron chi connectivity index (χ2n) is 6.01. The van der Waals surface area contributed by atoms with E-state index in [1.54, 1.807) is 39.0 Å². The molecule has 142 valence electrons. The summed E-state index contributed by atoms with van der Waals surface area (Å²) < 4.78 is 32.1. The molecule has 26 heavy (non-hydrogen) atoms. The minimum Gasteiger partial charge on any atom is -0.469 e. The summed E-state index contributed by atoms with van der Waals surface area (Å²) in [5.74, 6) is 0.151. The molecule has 1 aromatic carbocycles. The van der Waals surface area contributed by atoms with Gasteiger partial charge < -0.3 is 14.6 Å². The zero-order valence-electron chi connectivity index (χ0n) is 15.7. The van der Waals surface area contributed by atoms with Crippen LogP contribution in [0.4, 0.5) is 11.4 Å². The van der Waals surface area contributed by atoms with Gasteiger partial charge in [0.15, 0.2) is 0 Å². The monoisotopic (exact) mass is 379 g/mol. The second-order valence-corrected chi connectivity index (χ2v) is 7.95. The number of nitrogens with one attached hydrogen (secondary N) is 1. The second kappa shape index (κ2) is 7.92. The van der Waals surface area contributed by atoms with E-state index in [2.05, 4.69) is 5.32 Å². The standard InChI is InChI=1S/C18H25N3O4S/c1-6-21(7-2)26(23,24)14-8-9-17(20(4)5)16(12-14)19-18(22)15-10-11-25-13(15)3/h8-12H,6-7H2,1-5H3,(H,19,22).